The first-order chi connectivity index (χ1) is 18.9. The van der Waals surface area contributed by atoms with Crippen LogP contribution in [0.5, 0.6) is 0 Å². The van der Waals surface area contributed by atoms with Crippen molar-refractivity contribution in [1.82, 2.24) is 9.88 Å². The molecule has 1 atom stereocenters. The molecule has 0 bridgehead atoms. The number of fused-ring (bicyclic) bond motifs is 1. The van der Waals surface area contributed by atoms with Crippen molar-refractivity contribution in [3.63, 3.8) is 0 Å². The minimum atomic E-state index is -0.641. The number of benzene rings is 3. The second kappa shape index (κ2) is 10.9. The maximum Gasteiger partial charge on any atom is 0.328 e. The van der Waals surface area contributed by atoms with E-state index in [4.69, 9.17) is 4.74 Å². The van der Waals surface area contributed by atoms with Crippen LogP contribution in [0.4, 0.5) is 5.82 Å². The molecule has 1 N–H and O–H groups in total. The molecule has 1 aliphatic heterocycles. The normalized spacial score (nSPS) is 13.2. The highest BCUT2D eigenvalue weighted by molar-refractivity contribution is 6.04. The van der Waals surface area contributed by atoms with Gasteiger partial charge in [-0.1, -0.05) is 68.4 Å². The Labute approximate surface area is 227 Å². The smallest absolute Gasteiger partial charge is 0.328 e. The van der Waals surface area contributed by atoms with E-state index < -0.39 is 12.0 Å². The van der Waals surface area contributed by atoms with Gasteiger partial charge in [-0.2, -0.15) is 0 Å². The molecule has 0 saturated heterocycles. The fourth-order valence-corrected chi connectivity index (χ4v) is 4.88. The maximum absolute atomic E-state index is 13.2. The molecular weight excluding hydrogens is 490 g/mol. The van der Waals surface area contributed by atoms with Crippen LogP contribution in [0.25, 0.3) is 22.3 Å². The maximum atomic E-state index is 13.2. The van der Waals surface area contributed by atoms with E-state index in [1.54, 1.807) is 29.3 Å². The number of nitrogens with one attached hydrogen (secondary N) is 1. The lowest BCUT2D eigenvalue weighted by Crippen LogP contribution is -2.45. The highest BCUT2D eigenvalue weighted by Gasteiger charge is 2.38. The van der Waals surface area contributed by atoms with Gasteiger partial charge in [0.15, 0.2) is 0 Å². The summed E-state index contributed by atoms with van der Waals surface area (Å²) in [5.41, 5.74) is 5.73. The Balaban J connectivity index is 1.28. The molecule has 196 valence electrons. The van der Waals surface area contributed by atoms with E-state index in [1.165, 1.54) is 7.11 Å². The average molecular weight is 520 g/mol. The van der Waals surface area contributed by atoms with Crippen LogP contribution in [0.15, 0.2) is 91.1 Å². The number of rotatable bonds is 7. The molecule has 4 aromatic rings. The molecule has 5 rings (SSSR count). The highest BCUT2D eigenvalue weighted by Crippen LogP contribution is 2.31. The van der Waals surface area contributed by atoms with Crippen molar-refractivity contribution in [2.75, 3.05) is 12.4 Å². The first-order valence-corrected chi connectivity index (χ1v) is 12.8. The van der Waals surface area contributed by atoms with E-state index >= 15 is 0 Å². The Bertz CT molecular complexity index is 1510. The summed E-state index contributed by atoms with van der Waals surface area (Å²) in [6.07, 6.45) is 1.67. The molecular formula is C32H29N3O4. The van der Waals surface area contributed by atoms with Crippen molar-refractivity contribution >= 4 is 23.6 Å². The first kappa shape index (κ1) is 25.9. The molecule has 0 saturated carbocycles. The van der Waals surface area contributed by atoms with Gasteiger partial charge in [-0.05, 0) is 58.5 Å². The number of hydrogen-bond acceptors (Lipinski definition) is 5. The molecule has 2 amide bonds. The van der Waals surface area contributed by atoms with Gasteiger partial charge in [0.25, 0.3) is 11.8 Å². The zero-order valence-electron chi connectivity index (χ0n) is 22.0. The molecule has 1 aliphatic rings. The third kappa shape index (κ3) is 5.29. The predicted octanol–water partition coefficient (Wildman–Crippen LogP) is 5.82. The quantitative estimate of drug-likeness (QED) is 0.311. The summed E-state index contributed by atoms with van der Waals surface area (Å²) in [6.45, 7) is 4.16. The van der Waals surface area contributed by atoms with Gasteiger partial charge in [0.1, 0.15) is 11.9 Å². The molecule has 2 heterocycles. The van der Waals surface area contributed by atoms with E-state index in [-0.39, 0.29) is 17.7 Å². The third-order valence-electron chi connectivity index (χ3n) is 6.94. The van der Waals surface area contributed by atoms with Crippen LogP contribution in [0.2, 0.25) is 0 Å². The molecule has 3 aromatic carbocycles. The van der Waals surface area contributed by atoms with Crippen molar-refractivity contribution in [3.8, 4) is 22.3 Å². The number of esters is 1. The molecule has 0 spiro atoms. The first-order valence-electron chi connectivity index (χ1n) is 12.8. The zero-order chi connectivity index (χ0) is 27.5. The Morgan fingerprint density at radius 3 is 2.18 bits per heavy atom. The average Bonchev–Trinajstić information content (AvgIpc) is 3.28. The Morgan fingerprint density at radius 2 is 1.54 bits per heavy atom. The van der Waals surface area contributed by atoms with Crippen LogP contribution in [-0.2, 0) is 16.1 Å². The van der Waals surface area contributed by atoms with Gasteiger partial charge >= 0.3 is 5.97 Å². The predicted molar refractivity (Wildman–Crippen MR) is 150 cm³/mol. The van der Waals surface area contributed by atoms with Gasteiger partial charge < -0.3 is 15.0 Å². The summed E-state index contributed by atoms with van der Waals surface area (Å²) in [4.78, 5) is 44.3. The second-order valence-corrected chi connectivity index (χ2v) is 9.85. The zero-order valence-corrected chi connectivity index (χ0v) is 22.0. The van der Waals surface area contributed by atoms with Gasteiger partial charge in [-0.3, -0.25) is 9.59 Å². The lowest BCUT2D eigenvalue weighted by molar-refractivity contribution is -0.147. The number of hydrogen-bond donors (Lipinski definition) is 1. The van der Waals surface area contributed by atoms with Gasteiger partial charge in [0, 0.05) is 29.4 Å². The fourth-order valence-electron chi connectivity index (χ4n) is 4.88. The van der Waals surface area contributed by atoms with Gasteiger partial charge in [-0.25, -0.2) is 9.78 Å². The van der Waals surface area contributed by atoms with Crippen LogP contribution in [-0.4, -0.2) is 40.8 Å². The standard InChI is InChI=1S/C32H29N3O4/c1-20(2)29(32(38)39-3)35-19-26-14-13-24(17-27(26)31(35)37)25-15-16-28(33-18-25)34-30(36)23-11-9-22(10-12-23)21-7-5-4-6-8-21/h4-18,20,29H,19H2,1-3H3,(H,33,34,36)/t29-/m0/s1. The van der Waals surface area contributed by atoms with Crippen LogP contribution in [0.1, 0.15) is 40.1 Å². The molecule has 39 heavy (non-hydrogen) atoms. The Kier molecular flexibility index (Phi) is 7.23. The fraction of sp³-hybridized carbons (Fsp3) is 0.188. The Morgan fingerprint density at radius 1 is 0.872 bits per heavy atom. The van der Waals surface area contributed by atoms with Crippen molar-refractivity contribution in [2.24, 2.45) is 5.92 Å². The summed E-state index contributed by atoms with van der Waals surface area (Å²) in [5, 5.41) is 2.84. The minimum Gasteiger partial charge on any atom is -0.467 e. The van der Waals surface area contributed by atoms with Gasteiger partial charge in [0.2, 0.25) is 0 Å². The molecule has 7 nitrogen and oxygen atoms in total. The van der Waals surface area contributed by atoms with Crippen molar-refractivity contribution in [3.05, 3.63) is 108 Å². The van der Waals surface area contributed by atoms with Crippen LogP contribution in [0, 0.1) is 5.92 Å². The SMILES string of the molecule is COC(=O)[C@H](C(C)C)N1Cc2ccc(-c3ccc(NC(=O)c4ccc(-c5ccccc5)cc4)nc3)cc2C1=O. The van der Waals surface area contributed by atoms with Crippen LogP contribution < -0.4 is 5.32 Å². The molecule has 0 radical (unpaired) electrons. The van der Waals surface area contributed by atoms with Crippen LogP contribution >= 0.6 is 0 Å². The van der Waals surface area contributed by atoms with E-state index in [2.05, 4.69) is 10.3 Å². The number of methoxy groups -OCH3 is 1. The number of carbonyl (C=O) groups is 3. The molecule has 0 fully saturated rings. The number of ether oxygens (including phenoxy) is 1. The van der Waals surface area contributed by atoms with Gasteiger partial charge in [-0.15, -0.1) is 0 Å². The molecule has 0 aliphatic carbocycles. The molecule has 0 unspecified atom stereocenters. The van der Waals surface area contributed by atoms with E-state index in [0.29, 0.717) is 23.5 Å². The largest absolute Gasteiger partial charge is 0.467 e. The van der Waals surface area contributed by atoms with Crippen molar-refractivity contribution in [1.29, 1.82) is 0 Å². The molecule has 7 heteroatoms. The third-order valence-corrected chi connectivity index (χ3v) is 6.94. The summed E-state index contributed by atoms with van der Waals surface area (Å²) in [5.74, 6) is -0.504. The number of carbonyl (C=O) groups excluding carboxylic acids is 3. The number of aromatic nitrogens is 1. The number of amides is 2. The second-order valence-electron chi connectivity index (χ2n) is 9.85. The lowest BCUT2D eigenvalue weighted by Gasteiger charge is -2.28. The topological polar surface area (TPSA) is 88.6 Å². The minimum absolute atomic E-state index is 0.0797. The van der Waals surface area contributed by atoms with E-state index in [0.717, 1.165) is 27.8 Å². The monoisotopic (exact) mass is 519 g/mol. The summed E-state index contributed by atoms with van der Waals surface area (Å²) >= 11 is 0. The van der Waals surface area contributed by atoms with Crippen molar-refractivity contribution in [2.45, 2.75) is 26.4 Å². The van der Waals surface area contributed by atoms with E-state index in [9.17, 15) is 14.4 Å². The number of pyridine rings is 1. The molecule has 1 aromatic heterocycles. The summed E-state index contributed by atoms with van der Waals surface area (Å²) in [7, 11) is 1.34. The number of anilines is 1. The van der Waals surface area contributed by atoms with E-state index in [1.807, 2.05) is 80.6 Å². The van der Waals surface area contributed by atoms with Gasteiger partial charge in [0.05, 0.1) is 7.11 Å². The highest BCUT2D eigenvalue weighted by atomic mass is 16.5. The van der Waals surface area contributed by atoms with Crippen molar-refractivity contribution < 1.29 is 19.1 Å². The number of nitrogens with zero attached hydrogens (tertiary/aromatic N) is 2. The summed E-state index contributed by atoms with van der Waals surface area (Å²) < 4.78 is 4.95. The van der Waals surface area contributed by atoms with Crippen LogP contribution in [0.3, 0.4) is 0 Å². The summed E-state index contributed by atoms with van der Waals surface area (Å²) in [6, 6.07) is 26.0. The Hall–Kier alpha value is -4.78. The lowest BCUT2D eigenvalue weighted by atomic mass is 10.0.